The van der Waals surface area contributed by atoms with Gasteiger partial charge in [-0.25, -0.2) is 9.37 Å². The summed E-state index contributed by atoms with van der Waals surface area (Å²) in [6, 6.07) is 3.17. The molecule has 0 radical (unpaired) electrons. The van der Waals surface area contributed by atoms with Crippen LogP contribution in [0.25, 0.3) is 0 Å². The van der Waals surface area contributed by atoms with Crippen molar-refractivity contribution in [3.8, 4) is 5.88 Å². The van der Waals surface area contributed by atoms with Crippen LogP contribution < -0.4 is 15.4 Å². The average molecular weight is 436 g/mol. The second kappa shape index (κ2) is 8.62. The molecule has 8 heteroatoms. The van der Waals surface area contributed by atoms with E-state index in [1.165, 1.54) is 24.8 Å². The van der Waals surface area contributed by atoms with Crippen LogP contribution in [0.15, 0.2) is 23.3 Å². The van der Waals surface area contributed by atoms with Crippen molar-refractivity contribution in [2.75, 3.05) is 20.2 Å². The molecule has 0 amide bonds. The number of aromatic nitrogens is 1. The van der Waals surface area contributed by atoms with Crippen molar-refractivity contribution in [3.05, 3.63) is 24.1 Å². The average Bonchev–Trinajstić information content (AvgIpc) is 3.14. The molecule has 2 aliphatic rings. The summed E-state index contributed by atoms with van der Waals surface area (Å²) < 4.78 is 24.4. The molecule has 0 aliphatic carbocycles. The van der Waals surface area contributed by atoms with Gasteiger partial charge in [-0.05, 0) is 31.4 Å². The third-order valence-corrected chi connectivity index (χ3v) is 4.01. The van der Waals surface area contributed by atoms with Crippen LogP contribution in [-0.2, 0) is 4.74 Å². The predicted octanol–water partition coefficient (Wildman–Crippen LogP) is 1.70. The molecule has 2 N–H and O–H groups in total. The Labute approximate surface area is 152 Å². The van der Waals surface area contributed by atoms with Gasteiger partial charge in [0.25, 0.3) is 0 Å². The van der Waals surface area contributed by atoms with Crippen LogP contribution in [0.3, 0.4) is 0 Å². The number of nitrogens with one attached hydrogen (secondary N) is 2. The van der Waals surface area contributed by atoms with E-state index in [9.17, 15) is 4.39 Å². The third kappa shape index (κ3) is 4.66. The van der Waals surface area contributed by atoms with Crippen LogP contribution in [-0.4, -0.2) is 49.4 Å². The van der Waals surface area contributed by atoms with E-state index in [-0.39, 0.29) is 29.9 Å². The van der Waals surface area contributed by atoms with Gasteiger partial charge in [-0.1, -0.05) is 0 Å². The zero-order valence-corrected chi connectivity index (χ0v) is 15.3. The lowest BCUT2D eigenvalue weighted by atomic mass is 9.96. The van der Waals surface area contributed by atoms with E-state index >= 15 is 0 Å². The topological polar surface area (TPSA) is 67.8 Å². The minimum atomic E-state index is -0.455. The van der Waals surface area contributed by atoms with Crippen LogP contribution in [0.2, 0.25) is 0 Å². The molecule has 0 saturated carbocycles. The highest BCUT2D eigenvalue weighted by atomic mass is 127. The Balaban J connectivity index is 0.00000192. The van der Waals surface area contributed by atoms with E-state index in [0.717, 1.165) is 12.8 Å². The summed E-state index contributed by atoms with van der Waals surface area (Å²) in [6.07, 6.45) is 5.50. The SMILES string of the molecule is CN=C(NCCOc1ncccc1F)NC1CC2CCC1O2.I. The van der Waals surface area contributed by atoms with E-state index in [1.807, 2.05) is 0 Å². The molecule has 128 valence electrons. The molecular weight excluding hydrogens is 414 g/mol. The lowest BCUT2D eigenvalue weighted by Gasteiger charge is -2.22. The number of aliphatic imine (C=N–C) groups is 1. The first kappa shape index (κ1) is 18.2. The first-order valence-corrected chi connectivity index (χ1v) is 7.62. The van der Waals surface area contributed by atoms with E-state index in [0.29, 0.717) is 37.4 Å². The monoisotopic (exact) mass is 436 g/mol. The van der Waals surface area contributed by atoms with Crippen molar-refractivity contribution in [2.24, 2.45) is 4.99 Å². The molecule has 3 rings (SSSR count). The summed E-state index contributed by atoms with van der Waals surface area (Å²) in [5.74, 6) is 0.282. The molecule has 1 aromatic heterocycles. The van der Waals surface area contributed by atoms with Gasteiger partial charge in [0.2, 0.25) is 5.88 Å². The number of halogens is 2. The number of hydrogen-bond acceptors (Lipinski definition) is 4. The van der Waals surface area contributed by atoms with Crippen molar-refractivity contribution in [2.45, 2.75) is 37.5 Å². The third-order valence-electron chi connectivity index (χ3n) is 4.01. The van der Waals surface area contributed by atoms with Crippen LogP contribution in [0.5, 0.6) is 5.88 Å². The van der Waals surface area contributed by atoms with Gasteiger partial charge in [-0.15, -0.1) is 24.0 Å². The number of pyridine rings is 1. The molecule has 2 fully saturated rings. The molecule has 0 spiro atoms. The van der Waals surface area contributed by atoms with Gasteiger partial charge in [0.1, 0.15) is 6.61 Å². The molecule has 3 atom stereocenters. The van der Waals surface area contributed by atoms with Crippen LogP contribution in [0.4, 0.5) is 4.39 Å². The van der Waals surface area contributed by atoms with E-state index < -0.39 is 5.82 Å². The number of hydrogen-bond donors (Lipinski definition) is 2. The van der Waals surface area contributed by atoms with Gasteiger partial charge in [0, 0.05) is 13.2 Å². The standard InChI is InChI=1S/C15H21FN4O2.HI/c1-17-15(20-12-9-10-4-5-13(12)22-10)19-7-8-21-14-11(16)3-2-6-18-14;/h2-3,6,10,12-13H,4-5,7-9H2,1H3,(H2,17,19,20);1H. The minimum absolute atomic E-state index is 0. The lowest BCUT2D eigenvalue weighted by Crippen LogP contribution is -2.48. The Morgan fingerprint density at radius 2 is 2.39 bits per heavy atom. The van der Waals surface area contributed by atoms with E-state index in [2.05, 4.69) is 20.6 Å². The summed E-state index contributed by atoms with van der Waals surface area (Å²) in [5.41, 5.74) is 0. The highest BCUT2D eigenvalue weighted by Crippen LogP contribution is 2.34. The first-order chi connectivity index (χ1) is 10.8. The maximum absolute atomic E-state index is 13.3. The zero-order chi connectivity index (χ0) is 15.4. The van der Waals surface area contributed by atoms with E-state index in [4.69, 9.17) is 9.47 Å². The van der Waals surface area contributed by atoms with Gasteiger partial charge in [0.05, 0.1) is 24.8 Å². The van der Waals surface area contributed by atoms with Crippen molar-refractivity contribution in [1.82, 2.24) is 15.6 Å². The summed E-state index contributed by atoms with van der Waals surface area (Å²) in [5, 5.41) is 6.53. The molecule has 23 heavy (non-hydrogen) atoms. The fourth-order valence-corrected chi connectivity index (χ4v) is 2.95. The Kier molecular flexibility index (Phi) is 6.82. The Bertz CT molecular complexity index is 546. The van der Waals surface area contributed by atoms with Crippen molar-refractivity contribution >= 4 is 29.9 Å². The zero-order valence-electron chi connectivity index (χ0n) is 13.0. The quantitative estimate of drug-likeness (QED) is 0.319. The number of nitrogens with zero attached hydrogens (tertiary/aromatic N) is 2. The largest absolute Gasteiger partial charge is 0.474 e. The van der Waals surface area contributed by atoms with Crippen molar-refractivity contribution < 1.29 is 13.9 Å². The van der Waals surface area contributed by atoms with Gasteiger partial charge < -0.3 is 20.1 Å². The smallest absolute Gasteiger partial charge is 0.250 e. The molecule has 6 nitrogen and oxygen atoms in total. The first-order valence-electron chi connectivity index (χ1n) is 7.62. The summed E-state index contributed by atoms with van der Waals surface area (Å²) >= 11 is 0. The predicted molar refractivity (Wildman–Crippen MR) is 95.9 cm³/mol. The fraction of sp³-hybridized carbons (Fsp3) is 0.600. The molecule has 1 aromatic rings. The molecule has 2 aliphatic heterocycles. The van der Waals surface area contributed by atoms with Crippen LogP contribution >= 0.6 is 24.0 Å². The second-order valence-electron chi connectivity index (χ2n) is 5.50. The maximum Gasteiger partial charge on any atom is 0.250 e. The number of fused-ring (bicyclic) bond motifs is 2. The van der Waals surface area contributed by atoms with Crippen molar-refractivity contribution in [3.63, 3.8) is 0 Å². The molecule has 3 heterocycles. The number of rotatable bonds is 5. The lowest BCUT2D eigenvalue weighted by molar-refractivity contribution is 0.0992. The molecule has 0 aromatic carbocycles. The number of ether oxygens (including phenoxy) is 2. The maximum atomic E-state index is 13.3. The second-order valence-corrected chi connectivity index (χ2v) is 5.50. The molecule has 2 saturated heterocycles. The van der Waals surface area contributed by atoms with Gasteiger partial charge >= 0.3 is 0 Å². The minimum Gasteiger partial charge on any atom is -0.474 e. The normalized spacial score (nSPS) is 25.8. The highest BCUT2D eigenvalue weighted by molar-refractivity contribution is 14.0. The van der Waals surface area contributed by atoms with Crippen molar-refractivity contribution in [1.29, 1.82) is 0 Å². The van der Waals surface area contributed by atoms with Gasteiger partial charge in [-0.3, -0.25) is 4.99 Å². The van der Waals surface area contributed by atoms with E-state index in [1.54, 1.807) is 7.05 Å². The van der Waals surface area contributed by atoms with Gasteiger partial charge in [-0.2, -0.15) is 0 Å². The Morgan fingerprint density at radius 3 is 3.04 bits per heavy atom. The van der Waals surface area contributed by atoms with Crippen LogP contribution in [0.1, 0.15) is 19.3 Å². The Morgan fingerprint density at radius 1 is 1.52 bits per heavy atom. The summed E-state index contributed by atoms with van der Waals surface area (Å²) in [4.78, 5) is 8.03. The fourth-order valence-electron chi connectivity index (χ4n) is 2.95. The highest BCUT2D eigenvalue weighted by Gasteiger charge is 2.41. The summed E-state index contributed by atoms with van der Waals surface area (Å²) in [7, 11) is 1.72. The molecular formula is C15H22FIN4O2. The summed E-state index contributed by atoms with van der Waals surface area (Å²) in [6.45, 7) is 0.819. The van der Waals surface area contributed by atoms with Crippen LogP contribution in [0, 0.1) is 5.82 Å². The molecule has 2 bridgehead atoms. The molecule has 3 unspecified atom stereocenters. The van der Waals surface area contributed by atoms with Gasteiger partial charge in [0.15, 0.2) is 11.8 Å². The number of guanidine groups is 1. The Hall–Kier alpha value is -1.16.